The smallest absolute Gasteiger partial charge is 0.348 e. The minimum absolute atomic E-state index is 0.185. The molecule has 0 fully saturated rings. The van der Waals surface area contributed by atoms with Crippen molar-refractivity contribution in [2.24, 2.45) is 5.92 Å². The molecule has 1 aromatic heterocycles. The van der Waals surface area contributed by atoms with Gasteiger partial charge in [0.25, 0.3) is 0 Å². The number of aliphatic carboxylic acids is 1. The summed E-state index contributed by atoms with van der Waals surface area (Å²) >= 11 is 0. The minimum atomic E-state index is -0.991. The number of likely N-dealkylation sites (N-methyl/N-ethyl adjacent to an activating group) is 1. The zero-order chi connectivity index (χ0) is 16.2. The summed E-state index contributed by atoms with van der Waals surface area (Å²) in [6, 6.07) is -0.858. The van der Waals surface area contributed by atoms with E-state index in [0.717, 1.165) is 18.5 Å². The van der Waals surface area contributed by atoms with Crippen LogP contribution in [-0.2, 0) is 11.2 Å². The molecule has 1 rings (SSSR count). The molecule has 0 aromatic carbocycles. The van der Waals surface area contributed by atoms with E-state index in [0.29, 0.717) is 12.1 Å². The topological polar surface area (TPSA) is 75.4 Å². The van der Waals surface area contributed by atoms with Crippen LogP contribution in [0.2, 0.25) is 0 Å². The number of hydrogen-bond donors (Lipinski definition) is 1. The summed E-state index contributed by atoms with van der Waals surface area (Å²) < 4.78 is 1.26. The zero-order valence-electron chi connectivity index (χ0n) is 13.5. The van der Waals surface area contributed by atoms with E-state index in [9.17, 15) is 14.7 Å². The number of rotatable bonds is 7. The first-order chi connectivity index (χ1) is 9.72. The van der Waals surface area contributed by atoms with Crippen LogP contribution in [0.4, 0.5) is 0 Å². The van der Waals surface area contributed by atoms with Gasteiger partial charge < -0.3 is 10.0 Å². The van der Waals surface area contributed by atoms with Gasteiger partial charge in [-0.25, -0.2) is 9.59 Å². The quantitative estimate of drug-likeness (QED) is 0.821. The van der Waals surface area contributed by atoms with Crippen LogP contribution >= 0.6 is 0 Å². The van der Waals surface area contributed by atoms with Crippen molar-refractivity contribution in [3.8, 4) is 0 Å². The Labute approximate surface area is 125 Å². The Morgan fingerprint density at radius 2 is 2.05 bits per heavy atom. The van der Waals surface area contributed by atoms with E-state index in [4.69, 9.17) is 0 Å². The van der Waals surface area contributed by atoms with Gasteiger partial charge in [-0.2, -0.15) is 4.98 Å². The summed E-state index contributed by atoms with van der Waals surface area (Å²) in [7, 11) is 3.94. The van der Waals surface area contributed by atoms with Gasteiger partial charge in [0, 0.05) is 18.4 Å². The molecule has 0 aliphatic carbocycles. The third kappa shape index (κ3) is 4.97. The first-order valence-electron chi connectivity index (χ1n) is 7.18. The van der Waals surface area contributed by atoms with Crippen molar-refractivity contribution in [3.05, 3.63) is 27.9 Å². The average Bonchev–Trinajstić information content (AvgIpc) is 2.34. The van der Waals surface area contributed by atoms with E-state index in [1.165, 1.54) is 4.57 Å². The Hall–Kier alpha value is -1.69. The molecule has 1 N–H and O–H groups in total. The number of carboxylic acids is 1. The molecule has 0 spiro atoms. The van der Waals surface area contributed by atoms with Gasteiger partial charge in [-0.3, -0.25) is 4.57 Å². The average molecular weight is 295 g/mol. The van der Waals surface area contributed by atoms with E-state index in [1.54, 1.807) is 13.1 Å². The third-order valence-electron chi connectivity index (χ3n) is 3.39. The Morgan fingerprint density at radius 3 is 2.52 bits per heavy atom. The first kappa shape index (κ1) is 17.4. The first-order valence-corrected chi connectivity index (χ1v) is 7.18. The van der Waals surface area contributed by atoms with E-state index in [1.807, 2.05) is 32.8 Å². The van der Waals surface area contributed by atoms with Crippen molar-refractivity contribution < 1.29 is 9.90 Å². The third-order valence-corrected chi connectivity index (χ3v) is 3.39. The van der Waals surface area contributed by atoms with Crippen molar-refractivity contribution in [1.82, 2.24) is 14.5 Å². The lowest BCUT2D eigenvalue weighted by Crippen LogP contribution is -2.33. The summed E-state index contributed by atoms with van der Waals surface area (Å²) in [6.45, 7) is 6.49. The molecular weight excluding hydrogens is 270 g/mol. The summed E-state index contributed by atoms with van der Waals surface area (Å²) in [5.74, 6) is -0.806. The highest BCUT2D eigenvalue weighted by molar-refractivity contribution is 5.71. The van der Waals surface area contributed by atoms with Crippen molar-refractivity contribution in [3.63, 3.8) is 0 Å². The number of aryl methyl sites for hydroxylation is 1. The highest BCUT2D eigenvalue weighted by Crippen LogP contribution is 2.17. The van der Waals surface area contributed by atoms with Crippen LogP contribution < -0.4 is 5.69 Å². The molecule has 0 unspecified atom stereocenters. The number of nitrogens with zero attached hydrogens (tertiary/aromatic N) is 3. The number of carboxylic acid groups (broad SMARTS) is 1. The maximum Gasteiger partial charge on any atom is 0.348 e. The largest absolute Gasteiger partial charge is 0.480 e. The summed E-state index contributed by atoms with van der Waals surface area (Å²) in [5.41, 5.74) is 1.10. The monoisotopic (exact) mass is 295 g/mol. The van der Waals surface area contributed by atoms with Crippen LogP contribution in [0.15, 0.2) is 11.0 Å². The zero-order valence-corrected chi connectivity index (χ0v) is 13.5. The number of carbonyl (C=O) groups is 1. The number of hydrogen-bond acceptors (Lipinski definition) is 4. The fourth-order valence-electron chi connectivity index (χ4n) is 2.18. The van der Waals surface area contributed by atoms with Gasteiger partial charge in [-0.05, 0) is 45.3 Å². The van der Waals surface area contributed by atoms with E-state index in [-0.39, 0.29) is 5.92 Å². The van der Waals surface area contributed by atoms with Gasteiger partial charge in [-0.1, -0.05) is 13.8 Å². The summed E-state index contributed by atoms with van der Waals surface area (Å²) in [6.07, 6.45) is 2.81. The van der Waals surface area contributed by atoms with Crippen LogP contribution in [-0.4, -0.2) is 46.2 Å². The van der Waals surface area contributed by atoms with Crippen molar-refractivity contribution >= 4 is 5.97 Å². The molecule has 0 saturated heterocycles. The highest BCUT2D eigenvalue weighted by Gasteiger charge is 2.23. The summed E-state index contributed by atoms with van der Waals surface area (Å²) in [4.78, 5) is 29.5. The molecule has 0 bridgehead atoms. The maximum absolute atomic E-state index is 12.0. The van der Waals surface area contributed by atoms with Gasteiger partial charge in [0.1, 0.15) is 6.04 Å². The van der Waals surface area contributed by atoms with Gasteiger partial charge in [-0.15, -0.1) is 0 Å². The molecule has 6 heteroatoms. The molecule has 0 saturated carbocycles. The molecule has 0 aliphatic rings. The lowest BCUT2D eigenvalue weighted by molar-refractivity contribution is -0.141. The second kappa shape index (κ2) is 7.36. The lowest BCUT2D eigenvalue weighted by atomic mass is 10.0. The molecule has 0 aliphatic heterocycles. The van der Waals surface area contributed by atoms with E-state index >= 15 is 0 Å². The Morgan fingerprint density at radius 1 is 1.43 bits per heavy atom. The second-order valence-corrected chi connectivity index (χ2v) is 6.08. The number of aromatic nitrogens is 2. The minimum Gasteiger partial charge on any atom is -0.480 e. The predicted molar refractivity (Wildman–Crippen MR) is 81.6 cm³/mol. The van der Waals surface area contributed by atoms with Crippen LogP contribution in [0, 0.1) is 12.8 Å². The highest BCUT2D eigenvalue weighted by atomic mass is 16.4. The molecule has 21 heavy (non-hydrogen) atoms. The molecule has 1 atom stereocenters. The Balaban J connectivity index is 3.18. The Bertz CT molecular complexity index is 550. The van der Waals surface area contributed by atoms with Crippen LogP contribution in [0.3, 0.4) is 0 Å². The van der Waals surface area contributed by atoms with E-state index in [2.05, 4.69) is 4.98 Å². The van der Waals surface area contributed by atoms with Gasteiger partial charge in [0.05, 0.1) is 0 Å². The van der Waals surface area contributed by atoms with Crippen molar-refractivity contribution in [2.75, 3.05) is 20.6 Å². The fraction of sp³-hybridized carbons (Fsp3) is 0.667. The van der Waals surface area contributed by atoms with Gasteiger partial charge >= 0.3 is 11.7 Å². The standard InChI is InChI=1S/C15H25N3O3/c1-10(2)8-13(14(19)20)18-9-12(6-7-17(4)5)11(3)16-15(18)21/h9-10,13H,6-8H2,1-5H3,(H,19,20)/t13-/m0/s1. The maximum atomic E-state index is 12.0. The normalized spacial score (nSPS) is 12.9. The van der Waals surface area contributed by atoms with Gasteiger partial charge in [0.2, 0.25) is 0 Å². The van der Waals surface area contributed by atoms with Crippen molar-refractivity contribution in [1.29, 1.82) is 0 Å². The SMILES string of the molecule is Cc1nc(=O)n([C@@H](CC(C)C)C(=O)O)cc1CCN(C)C. The van der Waals surface area contributed by atoms with E-state index < -0.39 is 17.7 Å². The van der Waals surface area contributed by atoms with Gasteiger partial charge in [0.15, 0.2) is 0 Å². The van der Waals surface area contributed by atoms with Crippen LogP contribution in [0.1, 0.15) is 37.6 Å². The molecule has 1 heterocycles. The Kier molecular flexibility index (Phi) is 6.08. The molecule has 0 amide bonds. The van der Waals surface area contributed by atoms with Crippen molar-refractivity contribution in [2.45, 2.75) is 39.7 Å². The lowest BCUT2D eigenvalue weighted by Gasteiger charge is -2.19. The summed E-state index contributed by atoms with van der Waals surface area (Å²) in [5, 5.41) is 9.38. The fourth-order valence-corrected chi connectivity index (χ4v) is 2.18. The molecule has 1 aromatic rings. The molecule has 0 radical (unpaired) electrons. The van der Waals surface area contributed by atoms with Crippen LogP contribution in [0.25, 0.3) is 0 Å². The van der Waals surface area contributed by atoms with Crippen LogP contribution in [0.5, 0.6) is 0 Å². The molecular formula is C15H25N3O3. The predicted octanol–water partition coefficient (Wildman–Crippen LogP) is 1.33. The molecule has 6 nitrogen and oxygen atoms in total. The molecule has 118 valence electrons. The second-order valence-electron chi connectivity index (χ2n) is 6.08.